The summed E-state index contributed by atoms with van der Waals surface area (Å²) in [5.74, 6) is -0.459. The fourth-order valence-electron chi connectivity index (χ4n) is 2.92. The van der Waals surface area contributed by atoms with Gasteiger partial charge in [-0.05, 0) is 36.3 Å². The number of aromatic nitrogens is 1. The van der Waals surface area contributed by atoms with Crippen LogP contribution >= 0.6 is 0 Å². The molecule has 3 rings (SSSR count). The van der Waals surface area contributed by atoms with E-state index in [9.17, 15) is 10.1 Å². The van der Waals surface area contributed by atoms with Crippen LogP contribution in [-0.4, -0.2) is 10.5 Å². The molecular weight excluding hydrogens is 336 g/mol. The maximum Gasteiger partial charge on any atom is 0.266 e. The lowest BCUT2D eigenvalue weighted by Crippen LogP contribution is -2.13. The number of para-hydroxylation sites is 1. The number of rotatable bonds is 5. The Hall–Kier alpha value is -3.83. The van der Waals surface area contributed by atoms with E-state index in [0.29, 0.717) is 5.69 Å². The monoisotopic (exact) mass is 354 g/mol. The van der Waals surface area contributed by atoms with E-state index >= 15 is 0 Å². The third kappa shape index (κ3) is 3.89. The van der Waals surface area contributed by atoms with Crippen molar-refractivity contribution < 1.29 is 4.79 Å². The molecule has 27 heavy (non-hydrogen) atoms. The van der Waals surface area contributed by atoms with E-state index in [2.05, 4.69) is 18.3 Å². The molecule has 132 valence electrons. The number of aryl methyl sites for hydroxylation is 1. The summed E-state index contributed by atoms with van der Waals surface area (Å²) in [4.78, 5) is 12.5. The van der Waals surface area contributed by atoms with Gasteiger partial charge in [0, 0.05) is 28.4 Å². The summed E-state index contributed by atoms with van der Waals surface area (Å²) >= 11 is 0. The van der Waals surface area contributed by atoms with Crippen LogP contribution in [0.2, 0.25) is 0 Å². The first-order valence-electron chi connectivity index (χ1n) is 8.63. The average Bonchev–Trinajstić information content (AvgIpc) is 3.04. The number of nitrogens with zero attached hydrogens (tertiary/aromatic N) is 3. The van der Waals surface area contributed by atoms with Crippen LogP contribution in [0.5, 0.6) is 0 Å². The average molecular weight is 354 g/mol. The number of hydrogen-bond donors (Lipinski definition) is 1. The lowest BCUT2D eigenvalue weighted by molar-refractivity contribution is -0.112. The van der Waals surface area contributed by atoms with Gasteiger partial charge in [-0.2, -0.15) is 10.5 Å². The molecule has 0 saturated heterocycles. The van der Waals surface area contributed by atoms with Gasteiger partial charge < -0.3 is 9.88 Å². The largest absolute Gasteiger partial charge is 0.333 e. The van der Waals surface area contributed by atoms with E-state index in [4.69, 9.17) is 5.26 Å². The topological polar surface area (TPSA) is 81.6 Å². The lowest BCUT2D eigenvalue weighted by Gasteiger charge is -2.05. The number of nitrogens with one attached hydrogen (secondary N) is 1. The van der Waals surface area contributed by atoms with Gasteiger partial charge in [0.2, 0.25) is 0 Å². The first-order valence-corrected chi connectivity index (χ1v) is 8.63. The Morgan fingerprint density at radius 2 is 1.89 bits per heavy atom. The first kappa shape index (κ1) is 18.0. The molecule has 1 amide bonds. The molecule has 0 aliphatic carbocycles. The van der Waals surface area contributed by atoms with Crippen molar-refractivity contribution in [1.82, 2.24) is 4.57 Å². The number of carbonyl (C=O) groups excluding carboxylic acids is 1. The molecule has 0 atom stereocenters. The standard InChI is InChI=1S/C22H18N4O/c1-2-16-7-9-19(10-8-16)25-22(27)17(14-24)13-18-15-26(12-11-23)21-6-4-3-5-20(18)21/h3-10,13,15H,2,12H2,1H3,(H,25,27)/b17-13-. The number of benzene rings is 2. The Morgan fingerprint density at radius 1 is 1.15 bits per heavy atom. The van der Waals surface area contributed by atoms with Crippen LogP contribution in [0.25, 0.3) is 17.0 Å². The zero-order valence-electron chi connectivity index (χ0n) is 14.9. The molecule has 1 N–H and O–H groups in total. The van der Waals surface area contributed by atoms with E-state index in [-0.39, 0.29) is 12.1 Å². The van der Waals surface area contributed by atoms with Gasteiger partial charge in [0.1, 0.15) is 18.2 Å². The van der Waals surface area contributed by atoms with Crippen molar-refractivity contribution in [2.75, 3.05) is 5.32 Å². The SMILES string of the molecule is CCc1ccc(NC(=O)/C(C#N)=C\c2cn(CC#N)c3ccccc23)cc1. The van der Waals surface area contributed by atoms with Crippen LogP contribution in [0.4, 0.5) is 5.69 Å². The quantitative estimate of drug-likeness (QED) is 0.548. The smallest absolute Gasteiger partial charge is 0.266 e. The molecule has 2 aromatic carbocycles. The summed E-state index contributed by atoms with van der Waals surface area (Å²) in [6.45, 7) is 2.26. The normalized spacial score (nSPS) is 11.0. The van der Waals surface area contributed by atoms with E-state index < -0.39 is 5.91 Å². The van der Waals surface area contributed by atoms with Gasteiger partial charge in [0.05, 0.1) is 6.07 Å². The Balaban J connectivity index is 1.92. The summed E-state index contributed by atoms with van der Waals surface area (Å²) < 4.78 is 1.80. The summed E-state index contributed by atoms with van der Waals surface area (Å²) in [6, 6.07) is 19.2. The van der Waals surface area contributed by atoms with Gasteiger partial charge in [-0.3, -0.25) is 4.79 Å². The fourth-order valence-corrected chi connectivity index (χ4v) is 2.92. The third-order valence-corrected chi connectivity index (χ3v) is 4.35. The molecule has 0 aliphatic rings. The fraction of sp³-hybridized carbons (Fsp3) is 0.136. The van der Waals surface area contributed by atoms with E-state index in [1.54, 1.807) is 16.8 Å². The third-order valence-electron chi connectivity index (χ3n) is 4.35. The molecule has 0 fully saturated rings. The van der Waals surface area contributed by atoms with Crippen molar-refractivity contribution in [1.29, 1.82) is 10.5 Å². The van der Waals surface area contributed by atoms with Crippen molar-refractivity contribution in [3.63, 3.8) is 0 Å². The molecule has 0 radical (unpaired) electrons. The van der Waals surface area contributed by atoms with Crippen LogP contribution in [0.15, 0.2) is 60.3 Å². The summed E-state index contributed by atoms with van der Waals surface area (Å²) in [5.41, 5.74) is 3.45. The second kappa shape index (κ2) is 8.03. The second-order valence-corrected chi connectivity index (χ2v) is 6.06. The number of anilines is 1. The Kier molecular flexibility index (Phi) is 5.35. The first-order chi connectivity index (χ1) is 13.2. The maximum absolute atomic E-state index is 12.5. The predicted molar refractivity (Wildman–Crippen MR) is 106 cm³/mol. The summed E-state index contributed by atoms with van der Waals surface area (Å²) in [7, 11) is 0. The Morgan fingerprint density at radius 3 is 2.56 bits per heavy atom. The summed E-state index contributed by atoms with van der Waals surface area (Å²) in [5, 5.41) is 22.1. The highest BCUT2D eigenvalue weighted by atomic mass is 16.1. The van der Waals surface area contributed by atoms with Gasteiger partial charge in [-0.15, -0.1) is 0 Å². The number of fused-ring (bicyclic) bond motifs is 1. The Labute approximate surface area is 157 Å². The molecule has 0 bridgehead atoms. The minimum Gasteiger partial charge on any atom is -0.333 e. The molecule has 0 spiro atoms. The van der Waals surface area contributed by atoms with Crippen LogP contribution in [0.1, 0.15) is 18.1 Å². The van der Waals surface area contributed by atoms with Gasteiger partial charge in [0.25, 0.3) is 5.91 Å². The van der Waals surface area contributed by atoms with E-state index in [1.807, 2.05) is 54.6 Å². The molecule has 5 nitrogen and oxygen atoms in total. The van der Waals surface area contributed by atoms with Gasteiger partial charge >= 0.3 is 0 Å². The van der Waals surface area contributed by atoms with Crippen molar-refractivity contribution in [2.45, 2.75) is 19.9 Å². The summed E-state index contributed by atoms with van der Waals surface area (Å²) in [6.07, 6.45) is 4.27. The Bertz CT molecular complexity index is 1090. The highest BCUT2D eigenvalue weighted by Crippen LogP contribution is 2.24. The molecule has 5 heteroatoms. The highest BCUT2D eigenvalue weighted by Gasteiger charge is 2.12. The minimum atomic E-state index is -0.459. The van der Waals surface area contributed by atoms with Crippen molar-refractivity contribution in [3.8, 4) is 12.1 Å². The number of nitriles is 2. The molecule has 0 aliphatic heterocycles. The number of hydrogen-bond acceptors (Lipinski definition) is 3. The van der Waals surface area contributed by atoms with Gasteiger partial charge in [-0.25, -0.2) is 0 Å². The molecule has 1 aromatic heterocycles. The van der Waals surface area contributed by atoms with Crippen LogP contribution in [0.3, 0.4) is 0 Å². The molecule has 0 unspecified atom stereocenters. The second-order valence-electron chi connectivity index (χ2n) is 6.06. The van der Waals surface area contributed by atoms with Gasteiger partial charge in [0.15, 0.2) is 0 Å². The zero-order chi connectivity index (χ0) is 19.2. The number of amides is 1. The molecule has 3 aromatic rings. The van der Waals surface area contributed by atoms with Gasteiger partial charge in [-0.1, -0.05) is 37.3 Å². The van der Waals surface area contributed by atoms with Crippen molar-refractivity contribution in [2.24, 2.45) is 0 Å². The maximum atomic E-state index is 12.5. The van der Waals surface area contributed by atoms with Crippen molar-refractivity contribution in [3.05, 3.63) is 71.4 Å². The van der Waals surface area contributed by atoms with Crippen LogP contribution < -0.4 is 5.32 Å². The molecule has 0 saturated carbocycles. The highest BCUT2D eigenvalue weighted by molar-refractivity contribution is 6.10. The number of carbonyl (C=O) groups is 1. The van der Waals surface area contributed by atoms with Crippen LogP contribution in [-0.2, 0) is 17.8 Å². The van der Waals surface area contributed by atoms with Crippen LogP contribution in [0, 0.1) is 22.7 Å². The molecule has 1 heterocycles. The minimum absolute atomic E-state index is 0.00873. The van der Waals surface area contributed by atoms with E-state index in [0.717, 1.165) is 22.9 Å². The zero-order valence-corrected chi connectivity index (χ0v) is 14.9. The lowest BCUT2D eigenvalue weighted by atomic mass is 10.1. The predicted octanol–water partition coefficient (Wildman–Crippen LogP) is 4.27. The van der Waals surface area contributed by atoms with E-state index in [1.165, 1.54) is 5.56 Å². The molecular formula is C22H18N4O. The van der Waals surface area contributed by atoms with Crippen molar-refractivity contribution >= 4 is 28.6 Å².